The van der Waals surface area contributed by atoms with Crippen molar-refractivity contribution in [2.45, 2.75) is 52.4 Å². The zero-order valence-electron chi connectivity index (χ0n) is 15.6. The molecule has 4 rings (SSSR count). The number of aliphatic hydroxyl groups is 1. The number of fused-ring (bicyclic) bond motifs is 5. The molecule has 0 bridgehead atoms. The predicted molar refractivity (Wildman–Crippen MR) is 103 cm³/mol. The van der Waals surface area contributed by atoms with Crippen LogP contribution in [0.1, 0.15) is 49.9 Å². The fraction of sp³-hybridized carbons (Fsp3) is 0.550. The summed E-state index contributed by atoms with van der Waals surface area (Å²) in [6, 6.07) is 0. The molecule has 6 heteroatoms. The maximum Gasteiger partial charge on any atom is 0.229 e. The SMILES string of the molecule is CCCc1nc2oc3c(N(CC)CCO)ncnc3c2c2c1CCCC2. The fourth-order valence-corrected chi connectivity index (χ4v) is 4.13. The van der Waals surface area contributed by atoms with Crippen LogP contribution in [0.15, 0.2) is 10.7 Å². The summed E-state index contributed by atoms with van der Waals surface area (Å²) in [6.45, 7) is 5.58. The molecule has 3 aromatic heterocycles. The first-order chi connectivity index (χ1) is 12.8. The second-order valence-electron chi connectivity index (χ2n) is 6.93. The van der Waals surface area contributed by atoms with Crippen LogP contribution in [0.25, 0.3) is 22.2 Å². The zero-order chi connectivity index (χ0) is 18.1. The van der Waals surface area contributed by atoms with Crippen LogP contribution in [-0.4, -0.2) is 39.8 Å². The lowest BCUT2D eigenvalue weighted by molar-refractivity contribution is 0.302. The normalized spacial score (nSPS) is 14.1. The third-order valence-corrected chi connectivity index (χ3v) is 5.33. The largest absolute Gasteiger partial charge is 0.432 e. The maximum atomic E-state index is 9.37. The van der Waals surface area contributed by atoms with Crippen molar-refractivity contribution in [1.82, 2.24) is 15.0 Å². The molecule has 1 N–H and O–H groups in total. The molecule has 1 aliphatic carbocycles. The Kier molecular flexibility index (Phi) is 4.76. The number of aryl methyl sites for hydroxylation is 2. The molecule has 6 nitrogen and oxygen atoms in total. The standard InChI is InChI=1S/C20H26N4O2/c1-3-7-15-13-8-5-6-9-14(13)16-17-18(26-20(16)23-15)19(22-12-21-17)24(4-2)10-11-25/h12,25H,3-11H2,1-2H3. The van der Waals surface area contributed by atoms with Gasteiger partial charge in [-0.05, 0) is 50.2 Å². The van der Waals surface area contributed by atoms with E-state index >= 15 is 0 Å². The minimum atomic E-state index is 0.0772. The molecule has 3 heterocycles. The van der Waals surface area contributed by atoms with Crippen LogP contribution in [0.2, 0.25) is 0 Å². The number of furan rings is 1. The van der Waals surface area contributed by atoms with Gasteiger partial charge in [0.25, 0.3) is 0 Å². The lowest BCUT2D eigenvalue weighted by Gasteiger charge is -2.20. The van der Waals surface area contributed by atoms with Gasteiger partial charge in [-0.3, -0.25) is 0 Å². The lowest BCUT2D eigenvalue weighted by atomic mass is 9.88. The van der Waals surface area contributed by atoms with Gasteiger partial charge in [-0.2, -0.15) is 0 Å². The van der Waals surface area contributed by atoms with Gasteiger partial charge < -0.3 is 14.4 Å². The van der Waals surface area contributed by atoms with E-state index in [0.29, 0.717) is 17.8 Å². The highest BCUT2D eigenvalue weighted by molar-refractivity contribution is 6.06. The third-order valence-electron chi connectivity index (χ3n) is 5.33. The van der Waals surface area contributed by atoms with Gasteiger partial charge in [-0.25, -0.2) is 15.0 Å². The van der Waals surface area contributed by atoms with Crippen LogP contribution in [0, 0.1) is 0 Å². The number of likely N-dealkylation sites (N-methyl/N-ethyl adjacent to an activating group) is 1. The van der Waals surface area contributed by atoms with Crippen molar-refractivity contribution in [2.24, 2.45) is 0 Å². The van der Waals surface area contributed by atoms with E-state index in [1.165, 1.54) is 29.7 Å². The first-order valence-electron chi connectivity index (χ1n) is 9.72. The number of nitrogens with zero attached hydrogens (tertiary/aromatic N) is 4. The molecule has 0 unspecified atom stereocenters. The average molecular weight is 354 g/mol. The van der Waals surface area contributed by atoms with Crippen molar-refractivity contribution in [3.05, 3.63) is 23.1 Å². The van der Waals surface area contributed by atoms with E-state index in [4.69, 9.17) is 9.40 Å². The minimum absolute atomic E-state index is 0.0772. The van der Waals surface area contributed by atoms with E-state index in [1.54, 1.807) is 6.33 Å². The van der Waals surface area contributed by atoms with Gasteiger partial charge in [-0.1, -0.05) is 13.3 Å². The van der Waals surface area contributed by atoms with Gasteiger partial charge in [0.2, 0.25) is 5.71 Å². The summed E-state index contributed by atoms with van der Waals surface area (Å²) in [4.78, 5) is 15.9. The molecule has 0 amide bonds. The van der Waals surface area contributed by atoms with E-state index in [2.05, 4.69) is 16.9 Å². The van der Waals surface area contributed by atoms with E-state index in [9.17, 15) is 5.11 Å². The molecule has 0 radical (unpaired) electrons. The molecule has 3 aromatic rings. The lowest BCUT2D eigenvalue weighted by Crippen LogP contribution is -2.27. The van der Waals surface area contributed by atoms with Crippen molar-refractivity contribution >= 4 is 28.0 Å². The Morgan fingerprint density at radius 3 is 2.69 bits per heavy atom. The number of aliphatic hydroxyl groups excluding tert-OH is 1. The summed E-state index contributed by atoms with van der Waals surface area (Å²) in [5.41, 5.74) is 6.20. The van der Waals surface area contributed by atoms with Gasteiger partial charge in [0.15, 0.2) is 11.4 Å². The summed E-state index contributed by atoms with van der Waals surface area (Å²) >= 11 is 0. The molecule has 0 aliphatic heterocycles. The Labute approximate surface area is 153 Å². The topological polar surface area (TPSA) is 75.3 Å². The van der Waals surface area contributed by atoms with E-state index < -0.39 is 0 Å². The van der Waals surface area contributed by atoms with E-state index in [-0.39, 0.29) is 6.61 Å². The van der Waals surface area contributed by atoms with Crippen molar-refractivity contribution in [3.8, 4) is 0 Å². The van der Waals surface area contributed by atoms with Crippen LogP contribution in [0.4, 0.5) is 5.82 Å². The molecule has 0 spiro atoms. The fourth-order valence-electron chi connectivity index (χ4n) is 4.13. The first-order valence-corrected chi connectivity index (χ1v) is 9.72. The van der Waals surface area contributed by atoms with Crippen LogP contribution in [0.5, 0.6) is 0 Å². The number of pyridine rings is 1. The van der Waals surface area contributed by atoms with Gasteiger partial charge in [0.1, 0.15) is 11.8 Å². The summed E-state index contributed by atoms with van der Waals surface area (Å²) in [7, 11) is 0. The van der Waals surface area contributed by atoms with E-state index in [0.717, 1.165) is 48.9 Å². The Morgan fingerprint density at radius 1 is 1.15 bits per heavy atom. The smallest absolute Gasteiger partial charge is 0.229 e. The monoisotopic (exact) mass is 354 g/mol. The molecule has 0 atom stereocenters. The second-order valence-corrected chi connectivity index (χ2v) is 6.93. The second kappa shape index (κ2) is 7.19. The van der Waals surface area contributed by atoms with Gasteiger partial charge >= 0.3 is 0 Å². The first kappa shape index (κ1) is 17.2. The Morgan fingerprint density at radius 2 is 1.96 bits per heavy atom. The molecule has 1 aliphatic rings. The maximum absolute atomic E-state index is 9.37. The molecule has 26 heavy (non-hydrogen) atoms. The highest BCUT2D eigenvalue weighted by Crippen LogP contribution is 2.38. The zero-order valence-corrected chi connectivity index (χ0v) is 15.6. The van der Waals surface area contributed by atoms with Crippen LogP contribution in [-0.2, 0) is 19.3 Å². The molecular weight excluding hydrogens is 328 g/mol. The molecule has 0 saturated carbocycles. The van der Waals surface area contributed by atoms with Crippen LogP contribution < -0.4 is 4.90 Å². The van der Waals surface area contributed by atoms with Crippen LogP contribution >= 0.6 is 0 Å². The van der Waals surface area contributed by atoms with E-state index in [1.807, 2.05) is 11.8 Å². The van der Waals surface area contributed by atoms with Crippen molar-refractivity contribution < 1.29 is 9.52 Å². The minimum Gasteiger partial charge on any atom is -0.432 e. The third kappa shape index (κ3) is 2.72. The van der Waals surface area contributed by atoms with Gasteiger partial charge in [0, 0.05) is 18.8 Å². The quantitative estimate of drug-likeness (QED) is 0.731. The highest BCUT2D eigenvalue weighted by atomic mass is 16.3. The summed E-state index contributed by atoms with van der Waals surface area (Å²) in [6.07, 6.45) is 8.26. The van der Waals surface area contributed by atoms with Crippen molar-refractivity contribution in [3.63, 3.8) is 0 Å². The summed E-state index contributed by atoms with van der Waals surface area (Å²) < 4.78 is 6.21. The van der Waals surface area contributed by atoms with Gasteiger partial charge in [-0.15, -0.1) is 0 Å². The molecule has 0 fully saturated rings. The summed E-state index contributed by atoms with van der Waals surface area (Å²) in [5.74, 6) is 0.742. The average Bonchev–Trinajstić information content (AvgIpc) is 3.05. The molecule has 0 saturated heterocycles. The number of hydrogen-bond acceptors (Lipinski definition) is 6. The van der Waals surface area contributed by atoms with Crippen LogP contribution in [0.3, 0.4) is 0 Å². The molecular formula is C20H26N4O2. The Hall–Kier alpha value is -2.21. The highest BCUT2D eigenvalue weighted by Gasteiger charge is 2.25. The Bertz CT molecular complexity index is 935. The summed E-state index contributed by atoms with van der Waals surface area (Å²) in [5, 5.41) is 10.4. The Balaban J connectivity index is 1.99. The molecule has 0 aromatic carbocycles. The predicted octanol–water partition coefficient (Wildman–Crippen LogP) is 3.42. The van der Waals surface area contributed by atoms with Crippen molar-refractivity contribution in [2.75, 3.05) is 24.6 Å². The van der Waals surface area contributed by atoms with Gasteiger partial charge in [0.05, 0.1) is 12.0 Å². The number of anilines is 1. The molecule has 138 valence electrons. The number of rotatable bonds is 6. The van der Waals surface area contributed by atoms with Crippen molar-refractivity contribution in [1.29, 1.82) is 0 Å². The number of hydrogen-bond donors (Lipinski definition) is 1. The number of aromatic nitrogens is 3.